The molecule has 0 aliphatic heterocycles. The number of thiophene rings is 1. The zero-order valence-corrected chi connectivity index (χ0v) is 16.1. The third kappa shape index (κ3) is 2.38. The first-order valence-electron chi connectivity index (χ1n) is 7.88. The molecule has 0 amide bonds. The Labute approximate surface area is 162 Å². The number of hydrogen-bond acceptors (Lipinski definition) is 2. The zero-order chi connectivity index (χ0) is 17.0. The van der Waals surface area contributed by atoms with E-state index >= 15 is 0 Å². The van der Waals surface area contributed by atoms with Crippen molar-refractivity contribution in [2.75, 3.05) is 0 Å². The second-order valence-electron chi connectivity index (χ2n) is 5.91. The maximum atomic E-state index is 6.49. The summed E-state index contributed by atoms with van der Waals surface area (Å²) in [5.74, 6) is 0. The lowest BCUT2D eigenvalue weighted by molar-refractivity contribution is 1.43. The first-order valence-corrected chi connectivity index (χ1v) is 9.86. The van der Waals surface area contributed by atoms with Crippen molar-refractivity contribution in [3.63, 3.8) is 0 Å². The average molecular weight is 425 g/mol. The van der Waals surface area contributed by atoms with Crippen LogP contribution in [0.5, 0.6) is 0 Å². The molecule has 0 aliphatic carbocycles. The van der Waals surface area contributed by atoms with Gasteiger partial charge in [0, 0.05) is 30.9 Å². The molecule has 5 aromatic rings. The van der Waals surface area contributed by atoms with Crippen molar-refractivity contribution in [1.82, 2.24) is 4.98 Å². The molecule has 0 N–H and O–H groups in total. The van der Waals surface area contributed by atoms with E-state index in [1.54, 1.807) is 11.3 Å². The molecule has 0 radical (unpaired) electrons. The van der Waals surface area contributed by atoms with Gasteiger partial charge in [-0.25, -0.2) is 4.98 Å². The highest BCUT2D eigenvalue weighted by Crippen LogP contribution is 2.43. The molecule has 2 heterocycles. The molecule has 0 saturated heterocycles. The van der Waals surface area contributed by atoms with Gasteiger partial charge in [0.15, 0.2) is 0 Å². The number of rotatable bonds is 1. The summed E-state index contributed by atoms with van der Waals surface area (Å²) >= 11 is 11.8. The smallest absolute Gasteiger partial charge is 0.0903 e. The lowest BCUT2D eigenvalue weighted by atomic mass is 10.0. The lowest BCUT2D eigenvalue weighted by Gasteiger charge is -2.08. The highest BCUT2D eigenvalue weighted by molar-refractivity contribution is 9.10. The Morgan fingerprint density at radius 3 is 2.44 bits per heavy atom. The fourth-order valence-electron chi connectivity index (χ4n) is 3.28. The van der Waals surface area contributed by atoms with Crippen LogP contribution >= 0.6 is 38.9 Å². The maximum absolute atomic E-state index is 6.49. The van der Waals surface area contributed by atoms with Crippen LogP contribution in [0.1, 0.15) is 0 Å². The average Bonchev–Trinajstić information content (AvgIpc) is 3.02. The molecule has 3 aromatic carbocycles. The Morgan fingerprint density at radius 2 is 1.60 bits per heavy atom. The van der Waals surface area contributed by atoms with Crippen LogP contribution in [0, 0.1) is 0 Å². The standard InChI is InChI=1S/C21H11BrClNS/c22-13-10-8-12(9-11-13)19-21-18(14-4-1-2-7-17(14)25-21)15-5-3-6-16(23)20(15)24-19/h1-11H. The first kappa shape index (κ1) is 15.3. The van der Waals surface area contributed by atoms with Gasteiger partial charge >= 0.3 is 0 Å². The van der Waals surface area contributed by atoms with E-state index in [0.717, 1.165) is 26.6 Å². The number of fused-ring (bicyclic) bond motifs is 5. The number of para-hydroxylation sites is 1. The van der Waals surface area contributed by atoms with E-state index in [9.17, 15) is 0 Å². The van der Waals surface area contributed by atoms with Gasteiger partial charge in [0.1, 0.15) is 0 Å². The molecule has 25 heavy (non-hydrogen) atoms. The predicted octanol–water partition coefficient (Wildman–Crippen LogP) is 7.69. The van der Waals surface area contributed by atoms with Gasteiger partial charge in [-0.15, -0.1) is 11.3 Å². The van der Waals surface area contributed by atoms with Gasteiger partial charge in [-0.05, 0) is 24.3 Å². The highest BCUT2D eigenvalue weighted by atomic mass is 79.9. The van der Waals surface area contributed by atoms with E-state index in [1.165, 1.54) is 20.2 Å². The summed E-state index contributed by atoms with van der Waals surface area (Å²) in [6, 6.07) is 22.8. The summed E-state index contributed by atoms with van der Waals surface area (Å²) in [5, 5.41) is 4.30. The highest BCUT2D eigenvalue weighted by Gasteiger charge is 2.16. The van der Waals surface area contributed by atoms with Crippen LogP contribution in [0.2, 0.25) is 5.02 Å². The minimum atomic E-state index is 0.688. The summed E-state index contributed by atoms with van der Waals surface area (Å²) in [5.41, 5.74) is 2.95. The van der Waals surface area contributed by atoms with Gasteiger partial charge in [0.25, 0.3) is 0 Å². The summed E-state index contributed by atoms with van der Waals surface area (Å²) < 4.78 is 3.53. The molecule has 0 saturated carbocycles. The van der Waals surface area contributed by atoms with E-state index in [-0.39, 0.29) is 0 Å². The number of aromatic nitrogens is 1. The van der Waals surface area contributed by atoms with Crippen LogP contribution in [0.4, 0.5) is 0 Å². The second-order valence-corrected chi connectivity index (χ2v) is 8.28. The SMILES string of the molecule is Clc1cccc2c1nc(-c1ccc(Br)cc1)c1sc3ccccc3c12. The number of nitrogens with zero attached hydrogens (tertiary/aromatic N) is 1. The lowest BCUT2D eigenvalue weighted by Crippen LogP contribution is -1.88. The molecule has 0 atom stereocenters. The molecule has 0 fully saturated rings. The van der Waals surface area contributed by atoms with Gasteiger partial charge in [-0.3, -0.25) is 0 Å². The van der Waals surface area contributed by atoms with Gasteiger partial charge in [0.05, 0.1) is 20.9 Å². The maximum Gasteiger partial charge on any atom is 0.0903 e. The van der Waals surface area contributed by atoms with Crippen molar-refractivity contribution in [1.29, 1.82) is 0 Å². The van der Waals surface area contributed by atoms with Gasteiger partial charge in [-0.2, -0.15) is 0 Å². The monoisotopic (exact) mass is 423 g/mol. The van der Waals surface area contributed by atoms with Crippen LogP contribution in [0.15, 0.2) is 71.2 Å². The molecule has 0 unspecified atom stereocenters. The third-order valence-electron chi connectivity index (χ3n) is 4.41. The van der Waals surface area contributed by atoms with E-state index in [2.05, 4.69) is 58.4 Å². The Kier molecular flexibility index (Phi) is 3.56. The molecule has 120 valence electrons. The molecule has 2 aromatic heterocycles. The minimum absolute atomic E-state index is 0.688. The molecular weight excluding hydrogens is 414 g/mol. The Balaban J connectivity index is 2.03. The molecule has 0 spiro atoms. The minimum Gasteiger partial charge on any atom is -0.245 e. The summed E-state index contributed by atoms with van der Waals surface area (Å²) in [4.78, 5) is 4.96. The number of halogens is 2. The molecule has 1 nitrogen and oxygen atoms in total. The van der Waals surface area contributed by atoms with E-state index < -0.39 is 0 Å². The van der Waals surface area contributed by atoms with Gasteiger partial charge in [-0.1, -0.05) is 70.0 Å². The summed E-state index contributed by atoms with van der Waals surface area (Å²) in [6.45, 7) is 0. The fraction of sp³-hybridized carbons (Fsp3) is 0. The largest absolute Gasteiger partial charge is 0.245 e. The van der Waals surface area contributed by atoms with Gasteiger partial charge in [0.2, 0.25) is 0 Å². The van der Waals surface area contributed by atoms with Crippen LogP contribution in [-0.2, 0) is 0 Å². The van der Waals surface area contributed by atoms with Crippen molar-refractivity contribution >= 4 is 69.9 Å². The van der Waals surface area contributed by atoms with Crippen LogP contribution in [0.25, 0.3) is 42.3 Å². The predicted molar refractivity (Wildman–Crippen MR) is 113 cm³/mol. The fourth-order valence-corrected chi connectivity index (χ4v) is 4.99. The van der Waals surface area contributed by atoms with Crippen LogP contribution in [-0.4, -0.2) is 4.98 Å². The summed E-state index contributed by atoms with van der Waals surface area (Å²) in [7, 11) is 0. The van der Waals surface area contributed by atoms with Crippen molar-refractivity contribution in [3.8, 4) is 11.3 Å². The Hall–Kier alpha value is -1.94. The Morgan fingerprint density at radius 1 is 0.840 bits per heavy atom. The van der Waals surface area contributed by atoms with Crippen molar-refractivity contribution in [2.45, 2.75) is 0 Å². The van der Waals surface area contributed by atoms with E-state index in [4.69, 9.17) is 16.6 Å². The number of pyridine rings is 1. The first-order chi connectivity index (χ1) is 12.2. The van der Waals surface area contributed by atoms with Crippen LogP contribution < -0.4 is 0 Å². The van der Waals surface area contributed by atoms with Crippen LogP contribution in [0.3, 0.4) is 0 Å². The molecule has 5 rings (SSSR count). The van der Waals surface area contributed by atoms with E-state index in [0.29, 0.717) is 5.02 Å². The number of hydrogen-bond donors (Lipinski definition) is 0. The van der Waals surface area contributed by atoms with Gasteiger partial charge < -0.3 is 0 Å². The quantitative estimate of drug-likeness (QED) is 0.269. The van der Waals surface area contributed by atoms with Crippen molar-refractivity contribution in [2.24, 2.45) is 0 Å². The molecule has 0 aliphatic rings. The van der Waals surface area contributed by atoms with E-state index in [1.807, 2.05) is 24.3 Å². The number of benzene rings is 3. The molecule has 0 bridgehead atoms. The normalized spacial score (nSPS) is 11.6. The summed E-state index contributed by atoms with van der Waals surface area (Å²) in [6.07, 6.45) is 0. The second kappa shape index (κ2) is 5.80. The third-order valence-corrected chi connectivity index (χ3v) is 6.42. The molecule has 4 heteroatoms. The zero-order valence-electron chi connectivity index (χ0n) is 13.0. The Bertz CT molecular complexity index is 1260. The molecular formula is C21H11BrClNS. The van der Waals surface area contributed by atoms with Crippen molar-refractivity contribution < 1.29 is 0 Å². The topological polar surface area (TPSA) is 12.9 Å². The van der Waals surface area contributed by atoms with Crippen molar-refractivity contribution in [3.05, 3.63) is 76.2 Å².